The molecule has 0 atom stereocenters. The monoisotopic (exact) mass is 276 g/mol. The average molecular weight is 276 g/mol. The van der Waals surface area contributed by atoms with Gasteiger partial charge in [-0.15, -0.1) is 12.6 Å². The van der Waals surface area contributed by atoms with E-state index >= 15 is 0 Å². The number of benzene rings is 1. The van der Waals surface area contributed by atoms with Crippen LogP contribution in [0.25, 0.3) is 0 Å². The number of aromatic nitrogens is 1. The Kier molecular flexibility index (Phi) is 4.16. The lowest BCUT2D eigenvalue weighted by Crippen LogP contribution is -2.23. The van der Waals surface area contributed by atoms with Crippen LogP contribution >= 0.6 is 12.6 Å². The van der Waals surface area contributed by atoms with Crippen molar-refractivity contribution in [3.05, 3.63) is 59.2 Å². The highest BCUT2D eigenvalue weighted by molar-refractivity contribution is 7.80. The Balaban J connectivity index is 2.05. The van der Waals surface area contributed by atoms with E-state index in [4.69, 9.17) is 0 Å². The molecule has 3 nitrogen and oxygen atoms in total. The molecule has 1 aromatic carbocycles. The summed E-state index contributed by atoms with van der Waals surface area (Å²) in [6, 6.07) is 7.82. The molecule has 0 fully saturated rings. The van der Waals surface area contributed by atoms with Crippen LogP contribution in [-0.2, 0) is 6.54 Å². The maximum atomic E-state index is 13.0. The topological polar surface area (TPSA) is 42.0 Å². The molecule has 19 heavy (non-hydrogen) atoms. The van der Waals surface area contributed by atoms with Crippen molar-refractivity contribution in [3.63, 3.8) is 0 Å². The summed E-state index contributed by atoms with van der Waals surface area (Å²) in [6.45, 7) is 2.27. The van der Waals surface area contributed by atoms with Gasteiger partial charge in [0.2, 0.25) is 0 Å². The van der Waals surface area contributed by atoms with Crippen LogP contribution in [0.3, 0.4) is 0 Å². The van der Waals surface area contributed by atoms with E-state index in [0.29, 0.717) is 12.1 Å². The van der Waals surface area contributed by atoms with Crippen molar-refractivity contribution in [2.45, 2.75) is 18.4 Å². The first-order valence-electron chi connectivity index (χ1n) is 5.75. The Morgan fingerprint density at radius 3 is 2.89 bits per heavy atom. The number of aryl methyl sites for hydroxylation is 1. The van der Waals surface area contributed by atoms with Crippen LogP contribution in [0.5, 0.6) is 0 Å². The van der Waals surface area contributed by atoms with Gasteiger partial charge in [-0.25, -0.2) is 4.39 Å². The molecule has 0 aliphatic rings. The smallest absolute Gasteiger partial charge is 0.251 e. The molecule has 0 unspecified atom stereocenters. The number of hydrogen-bond donors (Lipinski definition) is 2. The number of hydrogen-bond acceptors (Lipinski definition) is 3. The number of halogens is 1. The maximum absolute atomic E-state index is 13.0. The van der Waals surface area contributed by atoms with Gasteiger partial charge in [-0.1, -0.05) is 6.07 Å². The van der Waals surface area contributed by atoms with E-state index in [1.165, 1.54) is 18.2 Å². The summed E-state index contributed by atoms with van der Waals surface area (Å²) in [4.78, 5) is 16.2. The predicted molar refractivity (Wildman–Crippen MR) is 73.8 cm³/mol. The van der Waals surface area contributed by atoms with Gasteiger partial charge in [-0.3, -0.25) is 9.78 Å². The summed E-state index contributed by atoms with van der Waals surface area (Å²) >= 11 is 3.95. The van der Waals surface area contributed by atoms with Gasteiger partial charge in [-0.2, -0.15) is 0 Å². The molecule has 0 spiro atoms. The average Bonchev–Trinajstić information content (AvgIpc) is 2.40. The second-order valence-electron chi connectivity index (χ2n) is 4.12. The molecular weight excluding hydrogens is 263 g/mol. The van der Waals surface area contributed by atoms with Crippen LogP contribution in [0.15, 0.2) is 41.4 Å². The highest BCUT2D eigenvalue weighted by Gasteiger charge is 2.08. The first-order valence-corrected chi connectivity index (χ1v) is 6.20. The fraction of sp³-hybridized carbons (Fsp3) is 0.143. The third-order valence-electron chi connectivity index (χ3n) is 2.74. The molecule has 0 radical (unpaired) electrons. The number of nitrogens with zero attached hydrogens (tertiary/aromatic N) is 1. The van der Waals surface area contributed by atoms with Crippen LogP contribution in [0.4, 0.5) is 4.39 Å². The van der Waals surface area contributed by atoms with Gasteiger partial charge in [0, 0.05) is 16.7 Å². The first-order chi connectivity index (χ1) is 9.08. The largest absolute Gasteiger partial charge is 0.346 e. The lowest BCUT2D eigenvalue weighted by atomic mass is 10.2. The molecule has 1 N–H and O–H groups in total. The molecule has 2 rings (SSSR count). The second kappa shape index (κ2) is 5.84. The molecule has 0 aliphatic heterocycles. The van der Waals surface area contributed by atoms with Crippen molar-refractivity contribution in [3.8, 4) is 0 Å². The molecule has 1 amide bonds. The van der Waals surface area contributed by atoms with Crippen molar-refractivity contribution < 1.29 is 9.18 Å². The van der Waals surface area contributed by atoms with E-state index in [1.54, 1.807) is 6.20 Å². The van der Waals surface area contributed by atoms with Gasteiger partial charge < -0.3 is 5.32 Å². The lowest BCUT2D eigenvalue weighted by molar-refractivity contribution is 0.0950. The van der Waals surface area contributed by atoms with E-state index < -0.39 is 5.82 Å². The van der Waals surface area contributed by atoms with Gasteiger partial charge >= 0.3 is 0 Å². The molecule has 0 saturated heterocycles. The van der Waals surface area contributed by atoms with Crippen molar-refractivity contribution in [2.24, 2.45) is 0 Å². The van der Waals surface area contributed by atoms with Crippen LogP contribution in [-0.4, -0.2) is 10.9 Å². The Morgan fingerprint density at radius 1 is 1.42 bits per heavy atom. The Bertz CT molecular complexity index is 616. The van der Waals surface area contributed by atoms with Crippen LogP contribution in [0.1, 0.15) is 21.6 Å². The highest BCUT2D eigenvalue weighted by atomic mass is 32.1. The summed E-state index contributed by atoms with van der Waals surface area (Å²) < 4.78 is 13.0. The Hall–Kier alpha value is -1.88. The van der Waals surface area contributed by atoms with E-state index in [1.807, 2.05) is 19.1 Å². The SMILES string of the molecule is Cc1cccnc1CNC(=O)c1ccc(F)c(S)c1. The van der Waals surface area contributed by atoms with Crippen molar-refractivity contribution >= 4 is 18.5 Å². The van der Waals surface area contributed by atoms with E-state index in [0.717, 1.165) is 11.3 Å². The van der Waals surface area contributed by atoms with Gasteiger partial charge in [0.1, 0.15) is 5.82 Å². The van der Waals surface area contributed by atoms with Gasteiger partial charge in [0.25, 0.3) is 5.91 Å². The Morgan fingerprint density at radius 2 is 2.21 bits per heavy atom. The van der Waals surface area contributed by atoms with Crippen molar-refractivity contribution in [1.82, 2.24) is 10.3 Å². The third-order valence-corrected chi connectivity index (χ3v) is 3.09. The van der Waals surface area contributed by atoms with Crippen molar-refractivity contribution in [2.75, 3.05) is 0 Å². The van der Waals surface area contributed by atoms with E-state index in [-0.39, 0.29) is 10.8 Å². The van der Waals surface area contributed by atoms with Crippen molar-refractivity contribution in [1.29, 1.82) is 0 Å². The lowest BCUT2D eigenvalue weighted by Gasteiger charge is -2.07. The van der Waals surface area contributed by atoms with Gasteiger partial charge in [0.15, 0.2) is 0 Å². The number of thiol groups is 1. The predicted octanol–water partition coefficient (Wildman–Crippen LogP) is 2.75. The van der Waals surface area contributed by atoms with Crippen LogP contribution in [0.2, 0.25) is 0 Å². The molecule has 1 heterocycles. The quantitative estimate of drug-likeness (QED) is 0.846. The molecule has 2 aromatic rings. The molecule has 1 aromatic heterocycles. The molecule has 0 bridgehead atoms. The van der Waals surface area contributed by atoms with Gasteiger partial charge in [-0.05, 0) is 36.8 Å². The number of nitrogens with one attached hydrogen (secondary N) is 1. The molecular formula is C14H13FN2OS. The van der Waals surface area contributed by atoms with Gasteiger partial charge in [0.05, 0.1) is 12.2 Å². The highest BCUT2D eigenvalue weighted by Crippen LogP contribution is 2.14. The summed E-state index contributed by atoms with van der Waals surface area (Å²) in [5.74, 6) is -0.721. The minimum Gasteiger partial charge on any atom is -0.346 e. The number of rotatable bonds is 3. The summed E-state index contributed by atoms with van der Waals surface area (Å²) in [7, 11) is 0. The molecule has 98 valence electrons. The summed E-state index contributed by atoms with van der Waals surface area (Å²) in [6.07, 6.45) is 1.68. The number of amides is 1. The zero-order valence-corrected chi connectivity index (χ0v) is 11.2. The first kappa shape index (κ1) is 13.5. The standard InChI is InChI=1S/C14H13FN2OS/c1-9-3-2-6-16-12(9)8-17-14(18)10-4-5-11(15)13(19)7-10/h2-7,19H,8H2,1H3,(H,17,18). The minimum absolute atomic E-state index is 0.154. The molecule has 0 aliphatic carbocycles. The van der Waals surface area contributed by atoms with Crippen LogP contribution < -0.4 is 5.32 Å². The zero-order valence-electron chi connectivity index (χ0n) is 10.4. The molecule has 0 saturated carbocycles. The fourth-order valence-electron chi connectivity index (χ4n) is 1.62. The van der Waals surface area contributed by atoms with E-state index in [2.05, 4.69) is 22.9 Å². The maximum Gasteiger partial charge on any atom is 0.251 e. The summed E-state index contributed by atoms with van der Waals surface area (Å²) in [5.41, 5.74) is 2.20. The van der Waals surface area contributed by atoms with Crippen LogP contribution in [0, 0.1) is 12.7 Å². The number of carbonyl (C=O) groups excluding carboxylic acids is 1. The normalized spacial score (nSPS) is 10.3. The van der Waals surface area contributed by atoms with E-state index in [9.17, 15) is 9.18 Å². The second-order valence-corrected chi connectivity index (χ2v) is 4.60. The number of pyridine rings is 1. The number of carbonyl (C=O) groups is 1. The third kappa shape index (κ3) is 3.32. The fourth-order valence-corrected chi connectivity index (χ4v) is 1.84. The zero-order chi connectivity index (χ0) is 13.8. The summed E-state index contributed by atoms with van der Waals surface area (Å²) in [5, 5.41) is 2.74. The Labute approximate surface area is 116 Å². The molecule has 5 heteroatoms. The minimum atomic E-state index is -0.444.